The first kappa shape index (κ1) is 20.9. The van der Waals surface area contributed by atoms with Crippen molar-refractivity contribution in [2.24, 2.45) is 16.8 Å². The van der Waals surface area contributed by atoms with Gasteiger partial charge in [-0.2, -0.15) is 0 Å². The zero-order valence-electron chi connectivity index (χ0n) is 16.6. The standard InChI is InChI=1S/C20H34N6.HI/c1-2-21-20(22-14-19-25-24-18-9-5-6-12-26(18)19)23-17-11-10-15-7-3-4-8-16(15)13-17;/h15-17H,2-14H2,1H3,(H2,21,22,23);1H. The Bertz CT molecular complexity index is 628. The van der Waals surface area contributed by atoms with Gasteiger partial charge in [-0.25, -0.2) is 4.99 Å². The average Bonchev–Trinajstić information content (AvgIpc) is 3.09. The summed E-state index contributed by atoms with van der Waals surface area (Å²) in [6.07, 6.45) is 13.3. The van der Waals surface area contributed by atoms with Gasteiger partial charge in [-0.05, 0) is 50.9 Å². The molecule has 0 amide bonds. The second-order valence-corrected chi connectivity index (χ2v) is 8.30. The number of hydrogen-bond donors (Lipinski definition) is 2. The summed E-state index contributed by atoms with van der Waals surface area (Å²) in [6.45, 7) is 4.68. The van der Waals surface area contributed by atoms with Crippen LogP contribution in [-0.4, -0.2) is 33.3 Å². The molecule has 0 radical (unpaired) electrons. The van der Waals surface area contributed by atoms with Gasteiger partial charge in [0, 0.05) is 25.6 Å². The van der Waals surface area contributed by atoms with Crippen molar-refractivity contribution in [2.45, 2.75) is 90.3 Å². The molecule has 3 atom stereocenters. The van der Waals surface area contributed by atoms with Crippen molar-refractivity contribution in [2.75, 3.05) is 6.54 Å². The van der Waals surface area contributed by atoms with E-state index in [0.717, 1.165) is 49.0 Å². The van der Waals surface area contributed by atoms with Crippen molar-refractivity contribution in [3.8, 4) is 0 Å². The fourth-order valence-electron chi connectivity index (χ4n) is 5.15. The summed E-state index contributed by atoms with van der Waals surface area (Å²) in [5, 5.41) is 15.9. The van der Waals surface area contributed by atoms with Gasteiger partial charge in [0.15, 0.2) is 11.8 Å². The highest BCUT2D eigenvalue weighted by atomic mass is 127. The topological polar surface area (TPSA) is 67.1 Å². The molecule has 1 aromatic rings. The molecule has 0 spiro atoms. The number of fused-ring (bicyclic) bond motifs is 2. The minimum absolute atomic E-state index is 0. The molecule has 152 valence electrons. The van der Waals surface area contributed by atoms with E-state index < -0.39 is 0 Å². The molecular formula is C20H35IN6. The zero-order chi connectivity index (χ0) is 17.8. The number of aryl methyl sites for hydroxylation is 1. The maximum absolute atomic E-state index is 4.83. The van der Waals surface area contributed by atoms with Gasteiger partial charge in [-0.3, -0.25) is 0 Å². The van der Waals surface area contributed by atoms with E-state index in [9.17, 15) is 0 Å². The monoisotopic (exact) mass is 486 g/mol. The summed E-state index contributed by atoms with van der Waals surface area (Å²) in [5.74, 6) is 5.01. The quantitative estimate of drug-likeness (QED) is 0.388. The molecular weight excluding hydrogens is 451 g/mol. The van der Waals surface area contributed by atoms with E-state index >= 15 is 0 Å². The first-order valence-electron chi connectivity index (χ1n) is 10.8. The van der Waals surface area contributed by atoms with Crippen LogP contribution in [-0.2, 0) is 19.5 Å². The Labute approximate surface area is 180 Å². The lowest BCUT2D eigenvalue weighted by Crippen LogP contribution is -2.47. The van der Waals surface area contributed by atoms with Gasteiger partial charge < -0.3 is 15.2 Å². The molecule has 6 nitrogen and oxygen atoms in total. The van der Waals surface area contributed by atoms with Crippen LogP contribution < -0.4 is 10.6 Å². The largest absolute Gasteiger partial charge is 0.357 e. The lowest BCUT2D eigenvalue weighted by molar-refractivity contribution is 0.150. The molecule has 3 aliphatic rings. The molecule has 27 heavy (non-hydrogen) atoms. The van der Waals surface area contributed by atoms with Gasteiger partial charge in [0.25, 0.3) is 0 Å². The second-order valence-electron chi connectivity index (χ2n) is 8.30. The number of aliphatic imine (C=N–C) groups is 1. The summed E-state index contributed by atoms with van der Waals surface area (Å²) in [6, 6.07) is 0.569. The SMILES string of the molecule is CCNC(=NCc1nnc2n1CCCC2)NC1CCC2CCCCC2C1.I. The number of rotatable bonds is 4. The van der Waals surface area contributed by atoms with E-state index in [-0.39, 0.29) is 24.0 Å². The minimum Gasteiger partial charge on any atom is -0.357 e. The first-order valence-corrected chi connectivity index (χ1v) is 10.8. The molecule has 3 unspecified atom stereocenters. The van der Waals surface area contributed by atoms with Crippen LogP contribution in [0.4, 0.5) is 0 Å². The first-order chi connectivity index (χ1) is 12.8. The van der Waals surface area contributed by atoms with E-state index in [1.807, 2.05) is 0 Å². The fraction of sp³-hybridized carbons (Fsp3) is 0.850. The number of nitrogens with one attached hydrogen (secondary N) is 2. The lowest BCUT2D eigenvalue weighted by Gasteiger charge is -2.39. The van der Waals surface area contributed by atoms with Crippen LogP contribution >= 0.6 is 24.0 Å². The smallest absolute Gasteiger partial charge is 0.191 e. The van der Waals surface area contributed by atoms with Gasteiger partial charge in [-0.1, -0.05) is 25.7 Å². The molecule has 7 heteroatoms. The summed E-state index contributed by atoms with van der Waals surface area (Å²) < 4.78 is 2.27. The van der Waals surface area contributed by atoms with Gasteiger partial charge in [0.2, 0.25) is 0 Å². The summed E-state index contributed by atoms with van der Waals surface area (Å²) in [5.41, 5.74) is 0. The highest BCUT2D eigenvalue weighted by Crippen LogP contribution is 2.40. The Morgan fingerprint density at radius 1 is 1.07 bits per heavy atom. The Kier molecular flexibility index (Phi) is 7.78. The van der Waals surface area contributed by atoms with Gasteiger partial charge >= 0.3 is 0 Å². The Morgan fingerprint density at radius 2 is 1.93 bits per heavy atom. The molecule has 2 N–H and O–H groups in total. The Balaban J connectivity index is 0.00000210. The lowest BCUT2D eigenvalue weighted by atomic mass is 9.69. The minimum atomic E-state index is 0. The predicted octanol–water partition coefficient (Wildman–Crippen LogP) is 3.65. The van der Waals surface area contributed by atoms with Crippen molar-refractivity contribution in [3.63, 3.8) is 0 Å². The highest BCUT2D eigenvalue weighted by Gasteiger charge is 2.32. The van der Waals surface area contributed by atoms with Crippen molar-refractivity contribution in [3.05, 3.63) is 11.6 Å². The zero-order valence-corrected chi connectivity index (χ0v) is 19.0. The molecule has 1 aromatic heterocycles. The van der Waals surface area contributed by atoms with Crippen LogP contribution in [0.25, 0.3) is 0 Å². The predicted molar refractivity (Wildman–Crippen MR) is 119 cm³/mol. The van der Waals surface area contributed by atoms with Crippen LogP contribution in [0.3, 0.4) is 0 Å². The van der Waals surface area contributed by atoms with Gasteiger partial charge in [-0.15, -0.1) is 34.2 Å². The maximum Gasteiger partial charge on any atom is 0.191 e. The second kappa shape index (κ2) is 10.1. The van der Waals surface area contributed by atoms with Crippen molar-refractivity contribution >= 4 is 29.9 Å². The third-order valence-corrected chi connectivity index (χ3v) is 6.54. The van der Waals surface area contributed by atoms with Crippen LogP contribution in [0.1, 0.15) is 76.4 Å². The van der Waals surface area contributed by atoms with E-state index in [1.54, 1.807) is 0 Å². The van der Waals surface area contributed by atoms with Gasteiger partial charge in [0.05, 0.1) is 0 Å². The summed E-state index contributed by atoms with van der Waals surface area (Å²) in [7, 11) is 0. The fourth-order valence-corrected chi connectivity index (χ4v) is 5.15. The van der Waals surface area contributed by atoms with E-state index in [1.165, 1.54) is 57.8 Å². The molecule has 2 heterocycles. The average molecular weight is 486 g/mol. The Hall–Kier alpha value is -0.860. The van der Waals surface area contributed by atoms with E-state index in [2.05, 4.69) is 32.3 Å². The number of nitrogens with zero attached hydrogens (tertiary/aromatic N) is 4. The summed E-state index contributed by atoms with van der Waals surface area (Å²) >= 11 is 0. The third kappa shape index (κ3) is 5.15. The molecule has 0 saturated heterocycles. The summed E-state index contributed by atoms with van der Waals surface area (Å²) in [4.78, 5) is 4.83. The van der Waals surface area contributed by atoms with Crippen LogP contribution in [0.15, 0.2) is 4.99 Å². The van der Waals surface area contributed by atoms with Crippen LogP contribution in [0, 0.1) is 11.8 Å². The number of halogens is 1. The molecule has 0 bridgehead atoms. The molecule has 2 aliphatic carbocycles. The van der Waals surface area contributed by atoms with Crippen molar-refractivity contribution in [1.29, 1.82) is 0 Å². The van der Waals surface area contributed by atoms with E-state index in [0.29, 0.717) is 12.6 Å². The number of guanidine groups is 1. The van der Waals surface area contributed by atoms with Crippen molar-refractivity contribution < 1.29 is 0 Å². The Morgan fingerprint density at radius 3 is 2.78 bits per heavy atom. The number of aromatic nitrogens is 3. The molecule has 1 aliphatic heterocycles. The molecule has 2 saturated carbocycles. The molecule has 4 rings (SSSR count). The van der Waals surface area contributed by atoms with E-state index in [4.69, 9.17) is 4.99 Å². The van der Waals surface area contributed by atoms with Crippen molar-refractivity contribution in [1.82, 2.24) is 25.4 Å². The van der Waals surface area contributed by atoms with Crippen LogP contribution in [0.5, 0.6) is 0 Å². The molecule has 2 fully saturated rings. The molecule has 0 aromatic carbocycles. The highest BCUT2D eigenvalue weighted by molar-refractivity contribution is 14.0. The third-order valence-electron chi connectivity index (χ3n) is 6.54. The normalized spacial score (nSPS) is 27.9. The maximum atomic E-state index is 4.83. The number of hydrogen-bond acceptors (Lipinski definition) is 3. The van der Waals surface area contributed by atoms with Gasteiger partial charge in [0.1, 0.15) is 12.4 Å². The van der Waals surface area contributed by atoms with Crippen LogP contribution in [0.2, 0.25) is 0 Å².